The maximum atomic E-state index is 12.6. The second-order valence-electron chi connectivity index (χ2n) is 7.39. The molecule has 1 aromatic heterocycles. The van der Waals surface area contributed by atoms with Crippen molar-refractivity contribution in [3.8, 4) is 11.5 Å². The van der Waals surface area contributed by atoms with Gasteiger partial charge in [-0.15, -0.1) is 10.2 Å². The summed E-state index contributed by atoms with van der Waals surface area (Å²) >= 11 is 0. The standard InChI is InChI=1S/C24H29N3O4/c1-17(19-8-12-21(30-4)13-9-19)27(2)24(28)16-15-23-26-25-22(31-23)14-7-18-5-10-20(29-3)11-6-18/h5-6,8-13,17H,7,14-16H2,1-4H3/t17-/m0/s1. The molecule has 2 aromatic carbocycles. The maximum absolute atomic E-state index is 12.6. The van der Waals surface area contributed by atoms with Gasteiger partial charge in [0.25, 0.3) is 0 Å². The molecule has 0 aliphatic rings. The number of methoxy groups -OCH3 is 2. The molecule has 0 saturated carbocycles. The molecule has 0 fully saturated rings. The van der Waals surface area contributed by atoms with Gasteiger partial charge in [0.1, 0.15) is 11.5 Å². The Morgan fingerprint density at radius 2 is 1.45 bits per heavy atom. The fourth-order valence-electron chi connectivity index (χ4n) is 3.25. The van der Waals surface area contributed by atoms with E-state index in [1.807, 2.05) is 62.5 Å². The van der Waals surface area contributed by atoms with Crippen LogP contribution in [0.4, 0.5) is 0 Å². The monoisotopic (exact) mass is 423 g/mol. The first-order valence-corrected chi connectivity index (χ1v) is 10.3. The summed E-state index contributed by atoms with van der Waals surface area (Å²) in [5.41, 5.74) is 2.22. The lowest BCUT2D eigenvalue weighted by Gasteiger charge is -2.25. The quantitative estimate of drug-likeness (QED) is 0.490. The van der Waals surface area contributed by atoms with Crippen LogP contribution in [0.5, 0.6) is 11.5 Å². The number of ether oxygens (including phenoxy) is 2. The van der Waals surface area contributed by atoms with Gasteiger partial charge in [-0.1, -0.05) is 24.3 Å². The minimum absolute atomic E-state index is 0.0290. The third-order valence-corrected chi connectivity index (χ3v) is 5.42. The summed E-state index contributed by atoms with van der Waals surface area (Å²) < 4.78 is 16.1. The first-order chi connectivity index (χ1) is 15.0. The predicted octanol–water partition coefficient (Wildman–Crippen LogP) is 4.02. The van der Waals surface area contributed by atoms with E-state index in [4.69, 9.17) is 13.9 Å². The molecule has 3 rings (SSSR count). The van der Waals surface area contributed by atoms with Gasteiger partial charge in [0, 0.05) is 26.3 Å². The van der Waals surface area contributed by atoms with Gasteiger partial charge in [-0.25, -0.2) is 0 Å². The first kappa shape index (κ1) is 22.3. The average Bonchev–Trinajstić information content (AvgIpc) is 3.28. The highest BCUT2D eigenvalue weighted by molar-refractivity contribution is 5.76. The van der Waals surface area contributed by atoms with Crippen molar-refractivity contribution in [3.63, 3.8) is 0 Å². The number of nitrogens with zero attached hydrogens (tertiary/aromatic N) is 3. The molecule has 164 valence electrons. The molecule has 0 radical (unpaired) electrons. The van der Waals surface area contributed by atoms with Crippen LogP contribution in [0.2, 0.25) is 0 Å². The lowest BCUT2D eigenvalue weighted by molar-refractivity contribution is -0.131. The largest absolute Gasteiger partial charge is 0.497 e. The van der Waals surface area contributed by atoms with Crippen LogP contribution in [0.3, 0.4) is 0 Å². The molecule has 0 aliphatic heterocycles. The molecule has 1 amide bonds. The predicted molar refractivity (Wildman–Crippen MR) is 117 cm³/mol. The summed E-state index contributed by atoms with van der Waals surface area (Å²) in [7, 11) is 5.10. The fourth-order valence-corrected chi connectivity index (χ4v) is 3.25. The summed E-state index contributed by atoms with van der Waals surface area (Å²) in [6, 6.07) is 15.6. The molecule has 3 aromatic rings. The van der Waals surface area contributed by atoms with E-state index in [9.17, 15) is 4.79 Å². The molecule has 0 N–H and O–H groups in total. The number of carbonyl (C=O) groups is 1. The molecular weight excluding hydrogens is 394 g/mol. The second kappa shape index (κ2) is 10.6. The number of amides is 1. The van der Waals surface area contributed by atoms with Crippen LogP contribution >= 0.6 is 0 Å². The van der Waals surface area contributed by atoms with Crippen LogP contribution in [0.1, 0.15) is 42.3 Å². The van der Waals surface area contributed by atoms with Crippen LogP contribution in [0.25, 0.3) is 0 Å². The molecule has 31 heavy (non-hydrogen) atoms. The third-order valence-electron chi connectivity index (χ3n) is 5.42. The number of benzene rings is 2. The van der Waals surface area contributed by atoms with E-state index in [1.54, 1.807) is 19.1 Å². The van der Waals surface area contributed by atoms with Gasteiger partial charge in [-0.3, -0.25) is 4.79 Å². The molecule has 0 unspecified atom stereocenters. The van der Waals surface area contributed by atoms with Crippen molar-refractivity contribution >= 4 is 5.91 Å². The lowest BCUT2D eigenvalue weighted by Crippen LogP contribution is -2.29. The van der Waals surface area contributed by atoms with E-state index in [0.29, 0.717) is 31.0 Å². The zero-order valence-corrected chi connectivity index (χ0v) is 18.5. The Morgan fingerprint density at radius 3 is 2.03 bits per heavy atom. The van der Waals surface area contributed by atoms with Crippen LogP contribution in [-0.2, 0) is 24.1 Å². The molecule has 7 nitrogen and oxygen atoms in total. The van der Waals surface area contributed by atoms with E-state index < -0.39 is 0 Å². The van der Waals surface area contributed by atoms with Crippen molar-refractivity contribution in [2.75, 3.05) is 21.3 Å². The maximum Gasteiger partial charge on any atom is 0.223 e. The van der Waals surface area contributed by atoms with Crippen LogP contribution in [-0.4, -0.2) is 42.3 Å². The van der Waals surface area contributed by atoms with Gasteiger partial charge in [0.2, 0.25) is 17.7 Å². The third kappa shape index (κ3) is 6.07. The van der Waals surface area contributed by atoms with Crippen molar-refractivity contribution in [1.82, 2.24) is 15.1 Å². The Morgan fingerprint density at radius 1 is 0.903 bits per heavy atom. The normalized spacial score (nSPS) is 11.7. The molecule has 7 heteroatoms. The number of hydrogen-bond acceptors (Lipinski definition) is 6. The van der Waals surface area contributed by atoms with Gasteiger partial charge in [-0.05, 0) is 48.7 Å². The highest BCUT2D eigenvalue weighted by atomic mass is 16.5. The van der Waals surface area contributed by atoms with Gasteiger partial charge >= 0.3 is 0 Å². The number of rotatable bonds is 10. The van der Waals surface area contributed by atoms with Crippen molar-refractivity contribution in [2.45, 2.75) is 38.6 Å². The van der Waals surface area contributed by atoms with E-state index >= 15 is 0 Å². The minimum Gasteiger partial charge on any atom is -0.497 e. The van der Waals surface area contributed by atoms with E-state index in [1.165, 1.54) is 5.56 Å². The lowest BCUT2D eigenvalue weighted by atomic mass is 10.1. The summed E-state index contributed by atoms with van der Waals surface area (Å²) in [5, 5.41) is 8.20. The van der Waals surface area contributed by atoms with Crippen LogP contribution in [0, 0.1) is 0 Å². The molecule has 0 aliphatic carbocycles. The van der Waals surface area contributed by atoms with Gasteiger partial charge in [0.15, 0.2) is 0 Å². The fraction of sp³-hybridized carbons (Fsp3) is 0.375. The number of carbonyl (C=O) groups excluding carboxylic acids is 1. The van der Waals surface area contributed by atoms with E-state index in [0.717, 1.165) is 23.5 Å². The Bertz CT molecular complexity index is 967. The van der Waals surface area contributed by atoms with Crippen molar-refractivity contribution in [1.29, 1.82) is 0 Å². The first-order valence-electron chi connectivity index (χ1n) is 10.3. The number of aryl methyl sites for hydroxylation is 3. The van der Waals surface area contributed by atoms with Crippen molar-refractivity contribution in [3.05, 3.63) is 71.4 Å². The van der Waals surface area contributed by atoms with Gasteiger partial charge in [-0.2, -0.15) is 0 Å². The smallest absolute Gasteiger partial charge is 0.223 e. The SMILES string of the molecule is COc1ccc(CCc2nnc(CCC(=O)N(C)[C@@H](C)c3ccc(OC)cc3)o2)cc1. The van der Waals surface area contributed by atoms with Crippen LogP contribution in [0.15, 0.2) is 52.9 Å². The summed E-state index contributed by atoms with van der Waals surface area (Å²) in [6.45, 7) is 2.00. The topological polar surface area (TPSA) is 77.7 Å². The molecule has 0 spiro atoms. The van der Waals surface area contributed by atoms with Gasteiger partial charge in [0.05, 0.1) is 20.3 Å². The Kier molecular flexibility index (Phi) is 7.65. The van der Waals surface area contributed by atoms with Crippen LogP contribution < -0.4 is 9.47 Å². The molecule has 1 atom stereocenters. The summed E-state index contributed by atoms with van der Waals surface area (Å²) in [5.74, 6) is 2.73. The zero-order valence-electron chi connectivity index (χ0n) is 18.5. The molecule has 1 heterocycles. The van der Waals surface area contributed by atoms with E-state index in [-0.39, 0.29) is 11.9 Å². The zero-order chi connectivity index (χ0) is 22.2. The average molecular weight is 424 g/mol. The Labute approximate surface area is 183 Å². The Balaban J connectivity index is 1.47. The molecule has 0 bridgehead atoms. The summed E-state index contributed by atoms with van der Waals surface area (Å²) in [6.07, 6.45) is 2.19. The highest BCUT2D eigenvalue weighted by Gasteiger charge is 2.18. The Hall–Kier alpha value is -3.35. The van der Waals surface area contributed by atoms with Crippen molar-refractivity contribution in [2.24, 2.45) is 0 Å². The highest BCUT2D eigenvalue weighted by Crippen LogP contribution is 2.22. The molecular formula is C24H29N3O4. The van der Waals surface area contributed by atoms with E-state index in [2.05, 4.69) is 10.2 Å². The second-order valence-corrected chi connectivity index (χ2v) is 7.39. The number of hydrogen-bond donors (Lipinski definition) is 0. The summed E-state index contributed by atoms with van der Waals surface area (Å²) in [4.78, 5) is 14.4. The van der Waals surface area contributed by atoms with Gasteiger partial charge < -0.3 is 18.8 Å². The van der Waals surface area contributed by atoms with Crippen molar-refractivity contribution < 1.29 is 18.7 Å². The minimum atomic E-state index is -0.0406. The molecule has 0 saturated heterocycles. The number of aromatic nitrogens is 2.